The van der Waals surface area contributed by atoms with Crippen molar-refractivity contribution in [1.82, 2.24) is 5.32 Å². The van der Waals surface area contributed by atoms with Crippen molar-refractivity contribution in [2.75, 3.05) is 24.6 Å². The van der Waals surface area contributed by atoms with Crippen LogP contribution < -0.4 is 5.32 Å². The van der Waals surface area contributed by atoms with Crippen molar-refractivity contribution in [2.24, 2.45) is 5.92 Å². The van der Waals surface area contributed by atoms with Gasteiger partial charge in [-0.1, -0.05) is 20.8 Å². The molecule has 0 aliphatic heterocycles. The molecule has 4 heteroatoms. The Morgan fingerprint density at radius 2 is 1.80 bits per heavy atom. The van der Waals surface area contributed by atoms with Crippen LogP contribution >= 0.6 is 0 Å². The van der Waals surface area contributed by atoms with Crippen LogP contribution in [0.5, 0.6) is 0 Å². The van der Waals surface area contributed by atoms with Gasteiger partial charge in [-0.3, -0.25) is 0 Å². The van der Waals surface area contributed by atoms with Gasteiger partial charge in [-0.05, 0) is 38.3 Å². The van der Waals surface area contributed by atoms with Crippen LogP contribution in [0.4, 0.5) is 0 Å². The van der Waals surface area contributed by atoms with E-state index in [1.54, 1.807) is 0 Å². The van der Waals surface area contributed by atoms with Crippen LogP contribution in [-0.4, -0.2) is 33.0 Å². The highest BCUT2D eigenvalue weighted by Gasteiger charge is 2.10. The lowest BCUT2D eigenvalue weighted by molar-refractivity contribution is 0.568. The van der Waals surface area contributed by atoms with Gasteiger partial charge in [0.05, 0.1) is 11.5 Å². The van der Waals surface area contributed by atoms with Crippen LogP contribution in [0.1, 0.15) is 40.0 Å². The Morgan fingerprint density at radius 1 is 1.13 bits per heavy atom. The van der Waals surface area contributed by atoms with Gasteiger partial charge in [0.15, 0.2) is 0 Å². The third-order valence-electron chi connectivity index (χ3n) is 2.24. The van der Waals surface area contributed by atoms with Crippen molar-refractivity contribution >= 4 is 9.84 Å². The third kappa shape index (κ3) is 10.2. The number of hydrogen-bond acceptors (Lipinski definition) is 3. The summed E-state index contributed by atoms with van der Waals surface area (Å²) in [6.45, 7) is 8.00. The molecule has 0 amide bonds. The van der Waals surface area contributed by atoms with E-state index >= 15 is 0 Å². The molecule has 0 radical (unpaired) electrons. The van der Waals surface area contributed by atoms with Crippen molar-refractivity contribution in [3.05, 3.63) is 0 Å². The maximum Gasteiger partial charge on any atom is 0.150 e. The van der Waals surface area contributed by atoms with Crippen molar-refractivity contribution in [3.8, 4) is 0 Å². The number of nitrogens with one attached hydrogen (secondary N) is 1. The second-order valence-corrected chi connectivity index (χ2v) is 6.74. The summed E-state index contributed by atoms with van der Waals surface area (Å²) in [4.78, 5) is 0. The van der Waals surface area contributed by atoms with E-state index in [0.717, 1.165) is 32.4 Å². The Bertz CT molecular complexity index is 235. The topological polar surface area (TPSA) is 46.2 Å². The predicted octanol–water partition coefficient (Wildman–Crippen LogP) is 1.84. The summed E-state index contributed by atoms with van der Waals surface area (Å²) < 4.78 is 23.1. The fraction of sp³-hybridized carbons (Fsp3) is 1.00. The zero-order valence-corrected chi connectivity index (χ0v) is 11.1. The van der Waals surface area contributed by atoms with Gasteiger partial charge in [0.1, 0.15) is 9.84 Å². The van der Waals surface area contributed by atoms with Gasteiger partial charge in [0.25, 0.3) is 0 Å². The van der Waals surface area contributed by atoms with Gasteiger partial charge in [0, 0.05) is 0 Å². The van der Waals surface area contributed by atoms with Crippen molar-refractivity contribution < 1.29 is 8.42 Å². The van der Waals surface area contributed by atoms with E-state index in [2.05, 4.69) is 26.1 Å². The molecule has 0 saturated carbocycles. The molecule has 0 aromatic heterocycles. The van der Waals surface area contributed by atoms with E-state index in [9.17, 15) is 8.42 Å². The molecule has 0 spiro atoms. The molecular formula is C11H25NO2S. The van der Waals surface area contributed by atoms with Crippen molar-refractivity contribution in [3.63, 3.8) is 0 Å². The zero-order chi connectivity index (χ0) is 11.7. The Morgan fingerprint density at radius 3 is 2.33 bits per heavy atom. The first-order valence-corrected chi connectivity index (χ1v) is 7.71. The molecular weight excluding hydrogens is 210 g/mol. The lowest BCUT2D eigenvalue weighted by Gasteiger charge is -2.06. The normalized spacial score (nSPS) is 12.3. The molecule has 1 N–H and O–H groups in total. The second-order valence-electron chi connectivity index (χ2n) is 4.44. The van der Waals surface area contributed by atoms with Crippen LogP contribution in [0.3, 0.4) is 0 Å². The molecule has 3 nitrogen and oxygen atoms in total. The van der Waals surface area contributed by atoms with Gasteiger partial charge in [-0.2, -0.15) is 0 Å². The summed E-state index contributed by atoms with van der Waals surface area (Å²) >= 11 is 0. The first kappa shape index (κ1) is 14.9. The SMILES string of the molecule is CCCNCCCS(=O)(=O)CCC(C)C. The highest BCUT2D eigenvalue weighted by atomic mass is 32.2. The molecule has 92 valence electrons. The van der Waals surface area contributed by atoms with Crippen molar-refractivity contribution in [2.45, 2.75) is 40.0 Å². The van der Waals surface area contributed by atoms with Crippen LogP contribution in [0.25, 0.3) is 0 Å². The molecule has 0 unspecified atom stereocenters. The predicted molar refractivity (Wildman–Crippen MR) is 65.9 cm³/mol. The van der Waals surface area contributed by atoms with Gasteiger partial charge in [0.2, 0.25) is 0 Å². The Labute approximate surface area is 94.6 Å². The standard InChI is InChI=1S/C11H25NO2S/c1-4-7-12-8-5-9-15(13,14)10-6-11(2)3/h11-12H,4-10H2,1-3H3. The Balaban J connectivity index is 3.56. The summed E-state index contributed by atoms with van der Waals surface area (Å²) in [6, 6.07) is 0. The maximum atomic E-state index is 11.5. The summed E-state index contributed by atoms with van der Waals surface area (Å²) in [5.74, 6) is 1.15. The van der Waals surface area contributed by atoms with Gasteiger partial charge in [-0.25, -0.2) is 8.42 Å². The van der Waals surface area contributed by atoms with E-state index in [1.165, 1.54) is 0 Å². The zero-order valence-electron chi connectivity index (χ0n) is 10.3. The summed E-state index contributed by atoms with van der Waals surface area (Å²) in [7, 11) is -2.80. The van der Waals surface area contributed by atoms with Crippen molar-refractivity contribution in [1.29, 1.82) is 0 Å². The van der Waals surface area contributed by atoms with Crippen LogP contribution in [0.15, 0.2) is 0 Å². The Kier molecular flexibility index (Phi) is 8.06. The third-order valence-corrected chi connectivity index (χ3v) is 4.01. The lowest BCUT2D eigenvalue weighted by atomic mass is 10.2. The smallest absolute Gasteiger partial charge is 0.150 e. The average molecular weight is 235 g/mol. The highest BCUT2D eigenvalue weighted by Crippen LogP contribution is 2.04. The van der Waals surface area contributed by atoms with E-state index in [1.807, 2.05) is 0 Å². The molecule has 0 fully saturated rings. The number of sulfone groups is 1. The molecule has 0 aliphatic rings. The van der Waals surface area contributed by atoms with Crippen LogP contribution in [-0.2, 0) is 9.84 Å². The monoisotopic (exact) mass is 235 g/mol. The minimum atomic E-state index is -2.80. The fourth-order valence-corrected chi connectivity index (χ4v) is 2.85. The first-order chi connectivity index (χ1) is 6.98. The van der Waals surface area contributed by atoms with Crippen LogP contribution in [0.2, 0.25) is 0 Å². The molecule has 15 heavy (non-hydrogen) atoms. The molecule has 0 heterocycles. The molecule has 0 aromatic rings. The van der Waals surface area contributed by atoms with Gasteiger partial charge < -0.3 is 5.32 Å². The molecule has 0 saturated heterocycles. The molecule has 0 aliphatic carbocycles. The van der Waals surface area contributed by atoms with E-state index in [4.69, 9.17) is 0 Å². The molecule has 0 rings (SSSR count). The minimum Gasteiger partial charge on any atom is -0.317 e. The van der Waals surface area contributed by atoms with Crippen LogP contribution in [0, 0.1) is 5.92 Å². The lowest BCUT2D eigenvalue weighted by Crippen LogP contribution is -2.20. The highest BCUT2D eigenvalue weighted by molar-refractivity contribution is 7.91. The average Bonchev–Trinajstić information content (AvgIpc) is 2.15. The molecule has 0 atom stereocenters. The van der Waals surface area contributed by atoms with E-state index in [-0.39, 0.29) is 0 Å². The summed E-state index contributed by atoms with van der Waals surface area (Å²) in [6.07, 6.45) is 2.62. The summed E-state index contributed by atoms with van der Waals surface area (Å²) in [5, 5.41) is 3.21. The largest absolute Gasteiger partial charge is 0.317 e. The maximum absolute atomic E-state index is 11.5. The quantitative estimate of drug-likeness (QED) is 0.620. The van der Waals surface area contributed by atoms with E-state index in [0.29, 0.717) is 17.4 Å². The minimum absolute atomic E-state index is 0.330. The first-order valence-electron chi connectivity index (χ1n) is 5.89. The van der Waals surface area contributed by atoms with Gasteiger partial charge >= 0.3 is 0 Å². The number of hydrogen-bond donors (Lipinski definition) is 1. The van der Waals surface area contributed by atoms with Gasteiger partial charge in [-0.15, -0.1) is 0 Å². The molecule has 0 bridgehead atoms. The number of rotatable bonds is 9. The summed E-state index contributed by atoms with van der Waals surface area (Å²) in [5.41, 5.74) is 0. The van der Waals surface area contributed by atoms with E-state index < -0.39 is 9.84 Å². The second kappa shape index (κ2) is 8.11. The molecule has 0 aromatic carbocycles. The Hall–Kier alpha value is -0.0900. The fourth-order valence-electron chi connectivity index (χ4n) is 1.24.